The zero-order valence-corrected chi connectivity index (χ0v) is 13.7. The highest BCUT2D eigenvalue weighted by Crippen LogP contribution is 2.23. The standard InChI is InChI=1S/C17H17N3O5/c1-10-3-6-13(7-4-10)19-16(21)11(2)25-17(22)12-5-8-14(18)15(9-12)20(23)24/h3-9,11H,18H2,1-2H3,(H,19,21)/t11-/m1/s1. The summed E-state index contributed by atoms with van der Waals surface area (Å²) in [7, 11) is 0. The molecule has 8 heteroatoms. The highest BCUT2D eigenvalue weighted by Gasteiger charge is 2.21. The van der Waals surface area contributed by atoms with Crippen LogP contribution in [0.25, 0.3) is 0 Å². The first-order valence-corrected chi connectivity index (χ1v) is 7.40. The fourth-order valence-electron chi connectivity index (χ4n) is 1.99. The number of anilines is 2. The maximum Gasteiger partial charge on any atom is 0.339 e. The van der Waals surface area contributed by atoms with Crippen molar-refractivity contribution >= 4 is 28.9 Å². The van der Waals surface area contributed by atoms with E-state index in [0.29, 0.717) is 5.69 Å². The van der Waals surface area contributed by atoms with E-state index in [1.54, 1.807) is 12.1 Å². The smallest absolute Gasteiger partial charge is 0.339 e. The monoisotopic (exact) mass is 343 g/mol. The summed E-state index contributed by atoms with van der Waals surface area (Å²) in [5.74, 6) is -1.36. The Balaban J connectivity index is 2.04. The van der Waals surface area contributed by atoms with Crippen molar-refractivity contribution in [2.75, 3.05) is 11.1 Å². The molecule has 0 radical (unpaired) electrons. The van der Waals surface area contributed by atoms with Crippen molar-refractivity contribution in [1.82, 2.24) is 0 Å². The molecule has 0 saturated carbocycles. The number of nitro benzene ring substituents is 1. The lowest BCUT2D eigenvalue weighted by Crippen LogP contribution is -2.30. The van der Waals surface area contributed by atoms with Gasteiger partial charge in [-0.2, -0.15) is 0 Å². The molecule has 0 unspecified atom stereocenters. The van der Waals surface area contributed by atoms with Crippen LogP contribution in [0.2, 0.25) is 0 Å². The SMILES string of the molecule is Cc1ccc(NC(=O)[C@@H](C)OC(=O)c2ccc(N)c([N+](=O)[O-])c2)cc1. The van der Waals surface area contributed by atoms with E-state index in [2.05, 4.69) is 5.32 Å². The number of aryl methyl sites for hydroxylation is 1. The van der Waals surface area contributed by atoms with Crippen LogP contribution in [0.15, 0.2) is 42.5 Å². The lowest BCUT2D eigenvalue weighted by Gasteiger charge is -2.13. The van der Waals surface area contributed by atoms with E-state index >= 15 is 0 Å². The molecular weight excluding hydrogens is 326 g/mol. The fourth-order valence-corrected chi connectivity index (χ4v) is 1.99. The topological polar surface area (TPSA) is 125 Å². The molecule has 0 spiro atoms. The lowest BCUT2D eigenvalue weighted by atomic mass is 10.2. The highest BCUT2D eigenvalue weighted by atomic mass is 16.6. The second-order valence-electron chi connectivity index (χ2n) is 5.43. The minimum absolute atomic E-state index is 0.0594. The minimum atomic E-state index is -1.08. The number of carbonyl (C=O) groups is 2. The van der Waals surface area contributed by atoms with Gasteiger partial charge in [-0.25, -0.2) is 4.79 Å². The molecule has 2 rings (SSSR count). The Morgan fingerprint density at radius 3 is 2.44 bits per heavy atom. The summed E-state index contributed by atoms with van der Waals surface area (Å²) in [6.07, 6.45) is -1.08. The summed E-state index contributed by atoms with van der Waals surface area (Å²) in [5.41, 5.74) is 6.57. The molecule has 3 N–H and O–H groups in total. The number of benzene rings is 2. The number of nitrogens with one attached hydrogen (secondary N) is 1. The molecule has 2 aromatic rings. The second kappa shape index (κ2) is 7.43. The Labute approximate surface area is 143 Å². The molecule has 0 fully saturated rings. The Hall–Kier alpha value is -3.42. The van der Waals surface area contributed by atoms with Crippen LogP contribution in [-0.2, 0) is 9.53 Å². The fraction of sp³-hybridized carbons (Fsp3) is 0.176. The van der Waals surface area contributed by atoms with Crippen LogP contribution in [0.4, 0.5) is 17.1 Å². The van der Waals surface area contributed by atoms with Crippen molar-refractivity contribution < 1.29 is 19.2 Å². The predicted octanol–water partition coefficient (Wildman–Crippen LogP) is 2.67. The van der Waals surface area contributed by atoms with Crippen LogP contribution in [0.5, 0.6) is 0 Å². The number of hydrogen-bond donors (Lipinski definition) is 2. The summed E-state index contributed by atoms with van der Waals surface area (Å²) in [4.78, 5) is 34.3. The largest absolute Gasteiger partial charge is 0.449 e. The van der Waals surface area contributed by atoms with Gasteiger partial charge in [-0.3, -0.25) is 14.9 Å². The van der Waals surface area contributed by atoms with Gasteiger partial charge in [0.15, 0.2) is 6.10 Å². The molecule has 0 saturated heterocycles. The number of carbonyl (C=O) groups excluding carboxylic acids is 2. The Bertz CT molecular complexity index is 818. The van der Waals surface area contributed by atoms with Crippen LogP contribution in [-0.4, -0.2) is 22.9 Å². The van der Waals surface area contributed by atoms with Crippen molar-refractivity contribution in [3.05, 3.63) is 63.7 Å². The van der Waals surface area contributed by atoms with Gasteiger partial charge in [0.2, 0.25) is 0 Å². The molecule has 0 aromatic heterocycles. The van der Waals surface area contributed by atoms with Gasteiger partial charge in [-0.15, -0.1) is 0 Å². The third-order valence-corrected chi connectivity index (χ3v) is 3.43. The summed E-state index contributed by atoms with van der Waals surface area (Å²) in [5, 5.41) is 13.5. The lowest BCUT2D eigenvalue weighted by molar-refractivity contribution is -0.383. The molecule has 130 valence electrons. The summed E-state index contributed by atoms with van der Waals surface area (Å²) in [6.45, 7) is 3.33. The number of rotatable bonds is 5. The quantitative estimate of drug-likeness (QED) is 0.372. The average molecular weight is 343 g/mol. The van der Waals surface area contributed by atoms with E-state index < -0.39 is 28.6 Å². The molecule has 1 atom stereocenters. The van der Waals surface area contributed by atoms with Crippen molar-refractivity contribution in [2.45, 2.75) is 20.0 Å². The number of ether oxygens (including phenoxy) is 1. The molecule has 0 aliphatic rings. The predicted molar refractivity (Wildman–Crippen MR) is 92.2 cm³/mol. The van der Waals surface area contributed by atoms with Crippen LogP contribution in [0.1, 0.15) is 22.8 Å². The number of esters is 1. The van der Waals surface area contributed by atoms with Crippen molar-refractivity contribution in [3.8, 4) is 0 Å². The molecule has 25 heavy (non-hydrogen) atoms. The van der Waals surface area contributed by atoms with Crippen LogP contribution in [0, 0.1) is 17.0 Å². The van der Waals surface area contributed by atoms with Gasteiger partial charge < -0.3 is 15.8 Å². The molecule has 0 aliphatic heterocycles. The normalized spacial score (nSPS) is 11.4. The van der Waals surface area contributed by atoms with Gasteiger partial charge in [0.05, 0.1) is 10.5 Å². The number of amides is 1. The number of nitro groups is 1. The first-order chi connectivity index (χ1) is 11.8. The minimum Gasteiger partial charge on any atom is -0.449 e. The Kier molecular flexibility index (Phi) is 5.33. The van der Waals surface area contributed by atoms with E-state index in [1.165, 1.54) is 19.1 Å². The van der Waals surface area contributed by atoms with E-state index in [-0.39, 0.29) is 11.3 Å². The van der Waals surface area contributed by atoms with E-state index in [9.17, 15) is 19.7 Å². The van der Waals surface area contributed by atoms with Crippen LogP contribution >= 0.6 is 0 Å². The molecule has 0 bridgehead atoms. The van der Waals surface area contributed by atoms with Crippen LogP contribution < -0.4 is 11.1 Å². The van der Waals surface area contributed by atoms with Gasteiger partial charge in [0, 0.05) is 11.8 Å². The van der Waals surface area contributed by atoms with Gasteiger partial charge in [0.25, 0.3) is 11.6 Å². The Morgan fingerprint density at radius 1 is 1.20 bits per heavy atom. The number of hydrogen-bond acceptors (Lipinski definition) is 6. The number of nitrogens with zero attached hydrogens (tertiary/aromatic N) is 1. The first kappa shape index (κ1) is 17.9. The van der Waals surface area contributed by atoms with Crippen molar-refractivity contribution in [1.29, 1.82) is 0 Å². The van der Waals surface area contributed by atoms with Gasteiger partial charge >= 0.3 is 5.97 Å². The van der Waals surface area contributed by atoms with E-state index in [4.69, 9.17) is 10.5 Å². The average Bonchev–Trinajstić information content (AvgIpc) is 2.56. The molecule has 8 nitrogen and oxygen atoms in total. The zero-order chi connectivity index (χ0) is 18.6. The highest BCUT2D eigenvalue weighted by molar-refractivity contribution is 5.97. The maximum absolute atomic E-state index is 12.1. The van der Waals surface area contributed by atoms with Crippen LogP contribution in [0.3, 0.4) is 0 Å². The molecular formula is C17H17N3O5. The summed E-state index contributed by atoms with van der Waals surface area (Å²) >= 11 is 0. The zero-order valence-electron chi connectivity index (χ0n) is 13.7. The number of nitrogen functional groups attached to an aromatic ring is 1. The maximum atomic E-state index is 12.1. The molecule has 2 aromatic carbocycles. The van der Waals surface area contributed by atoms with Gasteiger partial charge in [-0.1, -0.05) is 17.7 Å². The third kappa shape index (κ3) is 4.54. The Morgan fingerprint density at radius 2 is 1.84 bits per heavy atom. The van der Waals surface area contributed by atoms with Crippen molar-refractivity contribution in [2.24, 2.45) is 0 Å². The van der Waals surface area contributed by atoms with Gasteiger partial charge in [0.1, 0.15) is 5.69 Å². The third-order valence-electron chi connectivity index (χ3n) is 3.43. The van der Waals surface area contributed by atoms with Gasteiger partial charge in [-0.05, 0) is 38.1 Å². The van der Waals surface area contributed by atoms with E-state index in [0.717, 1.165) is 11.6 Å². The molecule has 0 heterocycles. The second-order valence-corrected chi connectivity index (χ2v) is 5.43. The number of nitrogens with two attached hydrogens (primary N) is 1. The summed E-state index contributed by atoms with van der Waals surface area (Å²) < 4.78 is 5.05. The summed E-state index contributed by atoms with van der Waals surface area (Å²) in [6, 6.07) is 10.7. The first-order valence-electron chi connectivity index (χ1n) is 7.40. The molecule has 1 amide bonds. The van der Waals surface area contributed by atoms with Crippen molar-refractivity contribution in [3.63, 3.8) is 0 Å². The molecule has 0 aliphatic carbocycles. The van der Waals surface area contributed by atoms with E-state index in [1.807, 2.05) is 19.1 Å².